The molecule has 2 aromatic rings. The highest BCUT2D eigenvalue weighted by atomic mass is 16.5. The predicted octanol–water partition coefficient (Wildman–Crippen LogP) is 1.87. The molecule has 1 aliphatic rings. The maximum Gasteiger partial charge on any atom is 0.246 e. The van der Waals surface area contributed by atoms with Gasteiger partial charge >= 0.3 is 0 Å². The van der Waals surface area contributed by atoms with Crippen molar-refractivity contribution < 1.29 is 14.3 Å². The zero-order chi connectivity index (χ0) is 16.1. The molecule has 2 heterocycles. The van der Waals surface area contributed by atoms with Crippen molar-refractivity contribution in [3.8, 4) is 0 Å². The average Bonchev–Trinajstić information content (AvgIpc) is 3.20. The summed E-state index contributed by atoms with van der Waals surface area (Å²) in [5, 5.41) is 8.52. The number of carbonyl (C=O) groups is 1. The van der Waals surface area contributed by atoms with Crippen LogP contribution in [0.4, 0.5) is 0 Å². The van der Waals surface area contributed by atoms with E-state index in [1.165, 1.54) is 0 Å². The molecular weight excluding hydrogens is 294 g/mol. The van der Waals surface area contributed by atoms with E-state index in [0.29, 0.717) is 13.2 Å². The summed E-state index contributed by atoms with van der Waals surface area (Å²) in [7, 11) is 0. The molecule has 124 valence electrons. The average molecular weight is 317 g/mol. The zero-order valence-corrected chi connectivity index (χ0v) is 13.5. The fourth-order valence-electron chi connectivity index (χ4n) is 2.86. The van der Waals surface area contributed by atoms with Crippen LogP contribution in [0.5, 0.6) is 0 Å². The molecule has 0 radical (unpaired) electrons. The third-order valence-corrected chi connectivity index (χ3v) is 4.05. The summed E-state index contributed by atoms with van der Waals surface area (Å²) < 4.78 is 12.8. The second kappa shape index (κ2) is 7.57. The Morgan fingerprint density at radius 1 is 1.48 bits per heavy atom. The van der Waals surface area contributed by atoms with Crippen molar-refractivity contribution in [2.45, 2.75) is 39.0 Å². The Morgan fingerprint density at radius 2 is 2.35 bits per heavy atom. The van der Waals surface area contributed by atoms with Gasteiger partial charge in [0.25, 0.3) is 0 Å². The van der Waals surface area contributed by atoms with E-state index in [4.69, 9.17) is 9.47 Å². The highest BCUT2D eigenvalue weighted by Crippen LogP contribution is 2.18. The monoisotopic (exact) mass is 317 g/mol. The van der Waals surface area contributed by atoms with Crippen molar-refractivity contribution in [2.75, 3.05) is 19.8 Å². The molecule has 1 fully saturated rings. The van der Waals surface area contributed by atoms with Gasteiger partial charge in [-0.25, -0.2) is 0 Å². The number of para-hydroxylation sites is 1. The number of hydrogen-bond acceptors (Lipinski definition) is 4. The van der Waals surface area contributed by atoms with Crippen molar-refractivity contribution in [1.29, 1.82) is 0 Å². The van der Waals surface area contributed by atoms with Crippen LogP contribution in [0.2, 0.25) is 0 Å². The molecule has 3 rings (SSSR count). The minimum Gasteiger partial charge on any atom is -0.376 e. The molecule has 1 aliphatic heterocycles. The SMILES string of the molecule is CCn1nc(CNC(=O)COCC2CCCO2)c2ccccc21. The Hall–Kier alpha value is -1.92. The van der Waals surface area contributed by atoms with Gasteiger partial charge in [0.05, 0.1) is 30.5 Å². The second-order valence-corrected chi connectivity index (χ2v) is 5.71. The summed E-state index contributed by atoms with van der Waals surface area (Å²) in [6.45, 7) is 4.62. The van der Waals surface area contributed by atoms with Crippen molar-refractivity contribution in [3.63, 3.8) is 0 Å². The number of aromatic nitrogens is 2. The van der Waals surface area contributed by atoms with Gasteiger partial charge in [-0.05, 0) is 25.8 Å². The van der Waals surface area contributed by atoms with Gasteiger partial charge in [0.2, 0.25) is 5.91 Å². The number of benzene rings is 1. The molecule has 6 heteroatoms. The number of carbonyl (C=O) groups excluding carboxylic acids is 1. The lowest BCUT2D eigenvalue weighted by atomic mass is 10.2. The van der Waals surface area contributed by atoms with Gasteiger partial charge in [-0.2, -0.15) is 5.10 Å². The van der Waals surface area contributed by atoms with Crippen LogP contribution in [0.25, 0.3) is 10.9 Å². The molecule has 23 heavy (non-hydrogen) atoms. The molecule has 0 aliphatic carbocycles. The Bertz CT molecular complexity index is 662. The Kier molecular flexibility index (Phi) is 5.25. The highest BCUT2D eigenvalue weighted by Gasteiger charge is 2.16. The van der Waals surface area contributed by atoms with Gasteiger partial charge in [0.15, 0.2) is 0 Å². The number of ether oxygens (including phenoxy) is 2. The molecule has 6 nitrogen and oxygen atoms in total. The van der Waals surface area contributed by atoms with E-state index >= 15 is 0 Å². The first kappa shape index (κ1) is 16.0. The summed E-state index contributed by atoms with van der Waals surface area (Å²) >= 11 is 0. The third-order valence-electron chi connectivity index (χ3n) is 4.05. The lowest BCUT2D eigenvalue weighted by molar-refractivity contribution is -0.127. The first-order chi connectivity index (χ1) is 11.3. The van der Waals surface area contributed by atoms with Gasteiger partial charge in [0, 0.05) is 18.5 Å². The zero-order valence-electron chi connectivity index (χ0n) is 13.5. The molecule has 1 aromatic carbocycles. The molecule has 0 saturated carbocycles. The fraction of sp³-hybridized carbons (Fsp3) is 0.529. The van der Waals surface area contributed by atoms with Crippen LogP contribution in [0, 0.1) is 0 Å². The summed E-state index contributed by atoms with van der Waals surface area (Å²) in [5.41, 5.74) is 1.98. The first-order valence-electron chi connectivity index (χ1n) is 8.18. The van der Waals surface area contributed by atoms with Crippen molar-refractivity contribution in [2.24, 2.45) is 0 Å². The molecule has 1 saturated heterocycles. The van der Waals surface area contributed by atoms with Gasteiger partial charge in [0.1, 0.15) is 6.61 Å². The second-order valence-electron chi connectivity index (χ2n) is 5.71. The summed E-state index contributed by atoms with van der Waals surface area (Å²) in [6, 6.07) is 8.06. The number of rotatable bonds is 7. The number of hydrogen-bond donors (Lipinski definition) is 1. The summed E-state index contributed by atoms with van der Waals surface area (Å²) in [6.07, 6.45) is 2.24. The lowest BCUT2D eigenvalue weighted by Gasteiger charge is -2.09. The lowest BCUT2D eigenvalue weighted by Crippen LogP contribution is -2.29. The summed E-state index contributed by atoms with van der Waals surface area (Å²) in [4.78, 5) is 11.9. The fourth-order valence-corrected chi connectivity index (χ4v) is 2.86. The summed E-state index contributed by atoms with van der Waals surface area (Å²) in [5.74, 6) is -0.127. The Morgan fingerprint density at radius 3 is 3.13 bits per heavy atom. The predicted molar refractivity (Wildman–Crippen MR) is 87.0 cm³/mol. The number of fused-ring (bicyclic) bond motifs is 1. The largest absolute Gasteiger partial charge is 0.376 e. The van der Waals surface area contributed by atoms with Gasteiger partial charge < -0.3 is 14.8 Å². The topological polar surface area (TPSA) is 65.4 Å². The normalized spacial score (nSPS) is 17.7. The van der Waals surface area contributed by atoms with Gasteiger partial charge in [-0.1, -0.05) is 18.2 Å². The van der Waals surface area contributed by atoms with Crippen LogP contribution in [-0.4, -0.2) is 41.6 Å². The van der Waals surface area contributed by atoms with Crippen LogP contribution in [0.15, 0.2) is 24.3 Å². The molecule has 1 unspecified atom stereocenters. The van der Waals surface area contributed by atoms with E-state index in [1.807, 2.05) is 28.9 Å². The van der Waals surface area contributed by atoms with Crippen LogP contribution in [0.1, 0.15) is 25.5 Å². The van der Waals surface area contributed by atoms with Gasteiger partial charge in [-0.3, -0.25) is 9.48 Å². The standard InChI is InChI=1S/C17H23N3O3/c1-2-20-16-8-4-3-7-14(16)15(19-20)10-18-17(21)12-22-11-13-6-5-9-23-13/h3-4,7-8,13H,2,5-6,9-12H2,1H3,(H,18,21). The molecule has 1 atom stereocenters. The smallest absolute Gasteiger partial charge is 0.246 e. The van der Waals surface area contributed by atoms with Crippen LogP contribution in [0.3, 0.4) is 0 Å². The van der Waals surface area contributed by atoms with E-state index < -0.39 is 0 Å². The minimum absolute atomic E-state index is 0.0618. The van der Waals surface area contributed by atoms with E-state index in [0.717, 1.165) is 42.6 Å². The minimum atomic E-state index is -0.127. The third kappa shape index (κ3) is 3.89. The van der Waals surface area contributed by atoms with E-state index in [9.17, 15) is 4.79 Å². The quantitative estimate of drug-likeness (QED) is 0.846. The number of nitrogens with one attached hydrogen (secondary N) is 1. The van der Waals surface area contributed by atoms with Crippen molar-refractivity contribution in [1.82, 2.24) is 15.1 Å². The highest BCUT2D eigenvalue weighted by molar-refractivity contribution is 5.83. The molecule has 1 N–H and O–H groups in total. The van der Waals surface area contributed by atoms with E-state index in [2.05, 4.69) is 17.3 Å². The molecular formula is C17H23N3O3. The first-order valence-corrected chi connectivity index (χ1v) is 8.18. The molecule has 1 amide bonds. The van der Waals surface area contributed by atoms with Crippen molar-refractivity contribution >= 4 is 16.8 Å². The Labute approximate surface area is 135 Å². The van der Waals surface area contributed by atoms with E-state index in [-0.39, 0.29) is 18.6 Å². The molecule has 1 aromatic heterocycles. The molecule has 0 spiro atoms. The molecule has 0 bridgehead atoms. The Balaban J connectivity index is 1.50. The van der Waals surface area contributed by atoms with Crippen LogP contribution < -0.4 is 5.32 Å². The number of nitrogens with zero attached hydrogens (tertiary/aromatic N) is 2. The number of aryl methyl sites for hydroxylation is 1. The van der Waals surface area contributed by atoms with Crippen molar-refractivity contribution in [3.05, 3.63) is 30.0 Å². The van der Waals surface area contributed by atoms with E-state index in [1.54, 1.807) is 0 Å². The maximum absolute atomic E-state index is 11.9. The van der Waals surface area contributed by atoms with Crippen LogP contribution >= 0.6 is 0 Å². The number of amides is 1. The van der Waals surface area contributed by atoms with Gasteiger partial charge in [-0.15, -0.1) is 0 Å². The van der Waals surface area contributed by atoms with Crippen LogP contribution in [-0.2, 0) is 27.4 Å². The maximum atomic E-state index is 11.9.